The number of carbonyl (C=O) groups is 2. The predicted octanol–water partition coefficient (Wildman–Crippen LogP) is 2.51. The van der Waals surface area contributed by atoms with Crippen LogP contribution in [0.4, 0.5) is 5.69 Å². The first-order chi connectivity index (χ1) is 13.4. The maximum absolute atomic E-state index is 12.7. The van der Waals surface area contributed by atoms with Gasteiger partial charge in [0.2, 0.25) is 0 Å². The number of rotatable bonds is 4. The Balaban J connectivity index is 1.79. The molecule has 0 radical (unpaired) electrons. The molecule has 0 N–H and O–H groups in total. The number of nitro groups is 1. The van der Waals surface area contributed by atoms with Crippen molar-refractivity contribution in [1.29, 1.82) is 0 Å². The van der Waals surface area contributed by atoms with Gasteiger partial charge < -0.3 is 9.15 Å². The zero-order chi connectivity index (χ0) is 20.0. The third-order valence-electron chi connectivity index (χ3n) is 4.54. The second kappa shape index (κ2) is 6.31. The third kappa shape index (κ3) is 2.60. The summed E-state index contributed by atoms with van der Waals surface area (Å²) in [7, 11) is 1.47. The van der Waals surface area contributed by atoms with E-state index in [1.54, 1.807) is 12.1 Å². The monoisotopic (exact) mass is 380 g/mol. The predicted molar refractivity (Wildman–Crippen MR) is 96.3 cm³/mol. The number of imide groups is 1. The van der Waals surface area contributed by atoms with Crippen LogP contribution in [0.3, 0.4) is 0 Å². The van der Waals surface area contributed by atoms with E-state index in [1.165, 1.54) is 37.4 Å². The number of ether oxygens (including phenoxy) is 1. The molecule has 140 valence electrons. The van der Waals surface area contributed by atoms with E-state index in [-0.39, 0.29) is 23.3 Å². The highest BCUT2D eigenvalue weighted by atomic mass is 16.6. The molecule has 2 aromatic carbocycles. The molecule has 1 aliphatic rings. The molecule has 0 atom stereocenters. The summed E-state index contributed by atoms with van der Waals surface area (Å²) in [5.74, 6) is -0.954. The Hall–Kier alpha value is -4.01. The first kappa shape index (κ1) is 17.4. The van der Waals surface area contributed by atoms with Crippen LogP contribution in [0.5, 0.6) is 5.75 Å². The van der Waals surface area contributed by atoms with E-state index >= 15 is 0 Å². The molecule has 2 heterocycles. The lowest BCUT2D eigenvalue weighted by molar-refractivity contribution is -0.385. The fraction of sp³-hybridized carbons (Fsp3) is 0.105. The quantitative estimate of drug-likeness (QED) is 0.295. The van der Waals surface area contributed by atoms with Gasteiger partial charge in [0.05, 0.1) is 24.1 Å². The fourth-order valence-electron chi connectivity index (χ4n) is 3.25. The summed E-state index contributed by atoms with van der Waals surface area (Å²) in [5, 5.41) is 11.7. The molecule has 0 bridgehead atoms. The molecule has 0 saturated carbocycles. The van der Waals surface area contributed by atoms with Gasteiger partial charge in [-0.3, -0.25) is 24.6 Å². The maximum atomic E-state index is 12.7. The Labute approximate surface area is 156 Å². The van der Waals surface area contributed by atoms with Crippen molar-refractivity contribution in [3.8, 4) is 5.75 Å². The van der Waals surface area contributed by atoms with Crippen LogP contribution in [-0.2, 0) is 6.54 Å². The van der Waals surface area contributed by atoms with Crippen LogP contribution < -0.4 is 10.4 Å². The first-order valence-electron chi connectivity index (χ1n) is 8.15. The van der Waals surface area contributed by atoms with Gasteiger partial charge in [-0.1, -0.05) is 6.07 Å². The number of nitro benzene ring substituents is 1. The number of nitrogens with zero attached hydrogens (tertiary/aromatic N) is 2. The van der Waals surface area contributed by atoms with Gasteiger partial charge in [0.25, 0.3) is 17.5 Å². The van der Waals surface area contributed by atoms with Gasteiger partial charge in [-0.2, -0.15) is 0 Å². The summed E-state index contributed by atoms with van der Waals surface area (Å²) in [6.45, 7) is -0.224. The smallest absolute Gasteiger partial charge is 0.336 e. The molecule has 0 spiro atoms. The van der Waals surface area contributed by atoms with E-state index in [0.29, 0.717) is 16.7 Å². The molecule has 0 saturated heterocycles. The van der Waals surface area contributed by atoms with E-state index in [2.05, 4.69) is 0 Å². The number of hydrogen-bond donors (Lipinski definition) is 0. The molecule has 0 fully saturated rings. The summed E-state index contributed by atoms with van der Waals surface area (Å²) in [5.41, 5.74) is -0.742. The van der Waals surface area contributed by atoms with Crippen molar-refractivity contribution in [2.45, 2.75) is 6.54 Å². The third-order valence-corrected chi connectivity index (χ3v) is 4.54. The lowest BCUT2D eigenvalue weighted by Gasteiger charge is -2.15. The summed E-state index contributed by atoms with van der Waals surface area (Å²) in [4.78, 5) is 48.7. The van der Waals surface area contributed by atoms with Crippen molar-refractivity contribution in [3.63, 3.8) is 0 Å². The molecule has 28 heavy (non-hydrogen) atoms. The maximum Gasteiger partial charge on any atom is 0.336 e. The highest BCUT2D eigenvalue weighted by Crippen LogP contribution is 2.32. The average Bonchev–Trinajstić information content (AvgIpc) is 2.92. The number of benzene rings is 2. The van der Waals surface area contributed by atoms with Crippen molar-refractivity contribution in [2.75, 3.05) is 7.11 Å². The van der Waals surface area contributed by atoms with Crippen molar-refractivity contribution in [3.05, 3.63) is 79.7 Å². The second-order valence-electron chi connectivity index (χ2n) is 6.11. The van der Waals surface area contributed by atoms with Gasteiger partial charge >= 0.3 is 5.63 Å². The number of carbonyl (C=O) groups excluding carboxylic acids is 2. The van der Waals surface area contributed by atoms with Crippen molar-refractivity contribution < 1.29 is 23.7 Å². The van der Waals surface area contributed by atoms with Crippen LogP contribution in [0.25, 0.3) is 11.0 Å². The minimum atomic E-state index is -0.776. The molecular formula is C19H12N2O7. The topological polar surface area (TPSA) is 120 Å². The lowest BCUT2D eigenvalue weighted by Crippen LogP contribution is -2.29. The van der Waals surface area contributed by atoms with Gasteiger partial charge in [0.1, 0.15) is 16.9 Å². The highest BCUT2D eigenvalue weighted by Gasteiger charge is 2.41. The fourth-order valence-corrected chi connectivity index (χ4v) is 3.25. The molecular weight excluding hydrogens is 368 g/mol. The summed E-state index contributed by atoms with van der Waals surface area (Å²) in [6, 6.07) is 9.90. The Morgan fingerprint density at radius 3 is 2.61 bits per heavy atom. The van der Waals surface area contributed by atoms with Gasteiger partial charge in [-0.05, 0) is 23.8 Å². The number of fused-ring (bicyclic) bond motifs is 2. The van der Waals surface area contributed by atoms with Crippen LogP contribution in [0, 0.1) is 10.1 Å². The van der Waals surface area contributed by atoms with E-state index < -0.39 is 28.1 Å². The largest absolute Gasteiger partial charge is 0.497 e. The Kier molecular flexibility index (Phi) is 3.92. The number of methoxy groups -OCH3 is 1. The SMILES string of the molecule is COc1ccc2c(CN3C(=O)c4cccc([N+](=O)[O-])c4C3=O)cc(=O)oc2c1. The van der Waals surface area contributed by atoms with Crippen LogP contribution in [0.1, 0.15) is 26.3 Å². The minimum absolute atomic E-state index is 0.0341. The van der Waals surface area contributed by atoms with Crippen LogP contribution >= 0.6 is 0 Å². The van der Waals surface area contributed by atoms with Crippen LogP contribution in [0.2, 0.25) is 0 Å². The molecule has 9 nitrogen and oxygen atoms in total. The highest BCUT2D eigenvalue weighted by molar-refractivity contribution is 6.23. The lowest BCUT2D eigenvalue weighted by atomic mass is 10.1. The molecule has 4 rings (SSSR count). The van der Waals surface area contributed by atoms with Crippen LogP contribution in [0.15, 0.2) is 51.7 Å². The van der Waals surface area contributed by atoms with Gasteiger partial charge in [0.15, 0.2) is 0 Å². The molecule has 2 amide bonds. The Morgan fingerprint density at radius 1 is 1.11 bits per heavy atom. The standard InChI is InChI=1S/C19H12N2O7/c1-27-11-5-6-12-10(7-16(22)28-15(12)8-11)9-20-18(23)13-3-2-4-14(21(25)26)17(13)19(20)24/h2-8H,9H2,1H3. The normalized spacial score (nSPS) is 13.1. The Morgan fingerprint density at radius 2 is 1.89 bits per heavy atom. The molecule has 9 heteroatoms. The zero-order valence-electron chi connectivity index (χ0n) is 14.5. The van der Waals surface area contributed by atoms with Gasteiger partial charge in [-0.15, -0.1) is 0 Å². The second-order valence-corrected chi connectivity index (χ2v) is 6.11. The molecule has 0 unspecified atom stereocenters. The van der Waals surface area contributed by atoms with E-state index in [9.17, 15) is 24.5 Å². The Bertz CT molecular complexity index is 1230. The number of amides is 2. The van der Waals surface area contributed by atoms with Crippen molar-refractivity contribution in [1.82, 2.24) is 4.90 Å². The van der Waals surface area contributed by atoms with Crippen molar-refractivity contribution in [2.24, 2.45) is 0 Å². The minimum Gasteiger partial charge on any atom is -0.497 e. The van der Waals surface area contributed by atoms with Crippen molar-refractivity contribution >= 4 is 28.5 Å². The number of hydrogen-bond acceptors (Lipinski definition) is 7. The van der Waals surface area contributed by atoms with E-state index in [4.69, 9.17) is 9.15 Å². The van der Waals surface area contributed by atoms with E-state index in [0.717, 1.165) is 4.90 Å². The first-order valence-corrected chi connectivity index (χ1v) is 8.15. The molecule has 1 aliphatic heterocycles. The molecule has 0 aliphatic carbocycles. The van der Waals surface area contributed by atoms with Crippen LogP contribution in [-0.4, -0.2) is 28.7 Å². The summed E-state index contributed by atoms with van der Waals surface area (Å²) < 4.78 is 10.3. The zero-order valence-corrected chi connectivity index (χ0v) is 14.5. The molecule has 3 aromatic rings. The summed E-state index contributed by atoms with van der Waals surface area (Å²) in [6.07, 6.45) is 0. The summed E-state index contributed by atoms with van der Waals surface area (Å²) >= 11 is 0. The van der Waals surface area contributed by atoms with E-state index in [1.807, 2.05) is 0 Å². The molecule has 1 aromatic heterocycles. The van der Waals surface area contributed by atoms with Gasteiger partial charge in [-0.25, -0.2) is 4.79 Å². The average molecular weight is 380 g/mol. The van der Waals surface area contributed by atoms with Gasteiger partial charge in [0, 0.05) is 23.6 Å².